The van der Waals surface area contributed by atoms with E-state index in [0.717, 1.165) is 27.2 Å². The van der Waals surface area contributed by atoms with Crippen molar-refractivity contribution in [2.45, 2.75) is 6.61 Å². The maximum atomic E-state index is 5.84. The largest absolute Gasteiger partial charge is 0.489 e. The van der Waals surface area contributed by atoms with Crippen LogP contribution in [0.15, 0.2) is 55.0 Å². The predicted octanol–water partition coefficient (Wildman–Crippen LogP) is 3.86. The van der Waals surface area contributed by atoms with Crippen LogP contribution in [0.25, 0.3) is 10.9 Å². The summed E-state index contributed by atoms with van der Waals surface area (Å²) in [7, 11) is 0. The Balaban J connectivity index is 1.76. The first-order chi connectivity index (χ1) is 9.31. The number of hydrogen-bond donors (Lipinski definition) is 0. The highest BCUT2D eigenvalue weighted by Gasteiger charge is 1.99. The van der Waals surface area contributed by atoms with E-state index in [9.17, 15) is 0 Å². The van der Waals surface area contributed by atoms with Crippen molar-refractivity contribution in [3.8, 4) is 5.75 Å². The molecule has 0 radical (unpaired) electrons. The van der Waals surface area contributed by atoms with Gasteiger partial charge in [0.15, 0.2) is 0 Å². The fourth-order valence-corrected chi connectivity index (χ4v) is 1.92. The Labute approximate surface area is 115 Å². The summed E-state index contributed by atoms with van der Waals surface area (Å²) in [4.78, 5) is 8.18. The van der Waals surface area contributed by atoms with Crippen molar-refractivity contribution in [1.82, 2.24) is 9.97 Å². The van der Waals surface area contributed by atoms with Crippen LogP contribution in [0, 0.1) is 0 Å². The number of fused-ring (bicyclic) bond motifs is 1. The summed E-state index contributed by atoms with van der Waals surface area (Å²) in [5.74, 6) is 0.793. The second-order valence-corrected chi connectivity index (χ2v) is 4.59. The summed E-state index contributed by atoms with van der Waals surface area (Å²) < 4.78 is 5.74. The molecule has 94 valence electrons. The highest BCUT2D eigenvalue weighted by Crippen LogP contribution is 2.19. The lowest BCUT2D eigenvalue weighted by Gasteiger charge is -2.07. The van der Waals surface area contributed by atoms with Gasteiger partial charge in [-0.2, -0.15) is 0 Å². The van der Waals surface area contributed by atoms with E-state index in [1.807, 2.05) is 42.5 Å². The lowest BCUT2D eigenvalue weighted by atomic mass is 10.2. The molecular formula is C15H11ClN2O. The molecule has 0 saturated heterocycles. The smallest absolute Gasteiger partial charge is 0.122 e. The maximum Gasteiger partial charge on any atom is 0.122 e. The molecule has 1 aromatic heterocycles. The van der Waals surface area contributed by atoms with Crippen molar-refractivity contribution in [2.24, 2.45) is 0 Å². The zero-order valence-electron chi connectivity index (χ0n) is 10.1. The standard InChI is InChI=1S/C15H11ClN2O/c16-13-4-1-11(2-5-13)9-19-14-6-3-12-8-17-10-18-15(12)7-14/h1-8,10H,9H2. The van der Waals surface area contributed by atoms with Gasteiger partial charge >= 0.3 is 0 Å². The van der Waals surface area contributed by atoms with Gasteiger partial charge in [0.1, 0.15) is 18.7 Å². The Morgan fingerprint density at radius 1 is 1.05 bits per heavy atom. The van der Waals surface area contributed by atoms with Crippen LogP contribution < -0.4 is 4.74 Å². The Hall–Kier alpha value is -2.13. The molecule has 0 aliphatic carbocycles. The fourth-order valence-electron chi connectivity index (χ4n) is 1.79. The van der Waals surface area contributed by atoms with Gasteiger partial charge in [-0.05, 0) is 29.8 Å². The molecular weight excluding hydrogens is 260 g/mol. The SMILES string of the molecule is Clc1ccc(COc2ccc3cncnc3c2)cc1. The van der Waals surface area contributed by atoms with E-state index in [0.29, 0.717) is 6.61 Å². The molecule has 4 heteroatoms. The van der Waals surface area contributed by atoms with Crippen molar-refractivity contribution < 1.29 is 4.74 Å². The van der Waals surface area contributed by atoms with Gasteiger partial charge in [-0.1, -0.05) is 23.7 Å². The fraction of sp³-hybridized carbons (Fsp3) is 0.0667. The summed E-state index contributed by atoms with van der Waals surface area (Å²) in [5.41, 5.74) is 1.95. The molecule has 0 amide bonds. The minimum absolute atomic E-state index is 0.508. The maximum absolute atomic E-state index is 5.84. The summed E-state index contributed by atoms with van der Waals surface area (Å²) >= 11 is 5.84. The van der Waals surface area contributed by atoms with Gasteiger partial charge < -0.3 is 4.74 Å². The zero-order chi connectivity index (χ0) is 13.1. The molecule has 0 aliphatic heterocycles. The van der Waals surface area contributed by atoms with Crippen molar-refractivity contribution in [3.63, 3.8) is 0 Å². The first-order valence-electron chi connectivity index (χ1n) is 5.88. The number of aromatic nitrogens is 2. The van der Waals surface area contributed by atoms with E-state index >= 15 is 0 Å². The zero-order valence-corrected chi connectivity index (χ0v) is 10.8. The molecule has 19 heavy (non-hydrogen) atoms. The molecule has 0 bridgehead atoms. The highest BCUT2D eigenvalue weighted by atomic mass is 35.5. The summed E-state index contributed by atoms with van der Waals surface area (Å²) in [6, 6.07) is 13.4. The molecule has 0 N–H and O–H groups in total. The second kappa shape index (κ2) is 5.24. The molecule has 0 aliphatic rings. The minimum atomic E-state index is 0.508. The molecule has 3 rings (SSSR count). The third-order valence-electron chi connectivity index (χ3n) is 2.80. The number of halogens is 1. The summed E-state index contributed by atoms with van der Waals surface area (Å²) in [5, 5.41) is 1.73. The number of nitrogens with zero attached hydrogens (tertiary/aromatic N) is 2. The Bertz CT molecular complexity index is 698. The highest BCUT2D eigenvalue weighted by molar-refractivity contribution is 6.30. The molecule has 0 atom stereocenters. The number of benzene rings is 2. The van der Waals surface area contributed by atoms with Gasteiger partial charge in [0, 0.05) is 22.7 Å². The monoisotopic (exact) mass is 270 g/mol. The number of ether oxygens (including phenoxy) is 1. The first kappa shape index (κ1) is 11.9. The third-order valence-corrected chi connectivity index (χ3v) is 3.05. The number of rotatable bonds is 3. The Kier molecular flexibility index (Phi) is 3.29. The first-order valence-corrected chi connectivity index (χ1v) is 6.26. The normalized spacial score (nSPS) is 10.6. The molecule has 0 fully saturated rings. The Morgan fingerprint density at radius 3 is 2.74 bits per heavy atom. The van der Waals surface area contributed by atoms with E-state index < -0.39 is 0 Å². The van der Waals surface area contributed by atoms with Crippen LogP contribution in [-0.2, 0) is 6.61 Å². The van der Waals surface area contributed by atoms with Crippen LogP contribution in [0.4, 0.5) is 0 Å². The summed E-state index contributed by atoms with van der Waals surface area (Å²) in [6.45, 7) is 0.508. The van der Waals surface area contributed by atoms with E-state index in [4.69, 9.17) is 16.3 Å². The molecule has 1 heterocycles. The van der Waals surface area contributed by atoms with Crippen LogP contribution >= 0.6 is 11.6 Å². The van der Waals surface area contributed by atoms with Gasteiger partial charge in [-0.15, -0.1) is 0 Å². The van der Waals surface area contributed by atoms with Crippen LogP contribution in [0.1, 0.15) is 5.56 Å². The molecule has 3 aromatic rings. The lowest BCUT2D eigenvalue weighted by Crippen LogP contribution is -1.95. The molecule has 3 nitrogen and oxygen atoms in total. The van der Waals surface area contributed by atoms with E-state index in [-0.39, 0.29) is 0 Å². The molecule has 0 saturated carbocycles. The van der Waals surface area contributed by atoms with Crippen molar-refractivity contribution in [3.05, 3.63) is 65.6 Å². The van der Waals surface area contributed by atoms with Gasteiger partial charge in [0.05, 0.1) is 5.52 Å². The van der Waals surface area contributed by atoms with Crippen molar-refractivity contribution in [1.29, 1.82) is 0 Å². The van der Waals surface area contributed by atoms with E-state index in [2.05, 4.69) is 9.97 Å². The second-order valence-electron chi connectivity index (χ2n) is 4.16. The van der Waals surface area contributed by atoms with Crippen LogP contribution in [0.5, 0.6) is 5.75 Å². The minimum Gasteiger partial charge on any atom is -0.489 e. The Morgan fingerprint density at radius 2 is 1.89 bits per heavy atom. The van der Waals surface area contributed by atoms with E-state index in [1.165, 1.54) is 6.33 Å². The van der Waals surface area contributed by atoms with Crippen molar-refractivity contribution in [2.75, 3.05) is 0 Å². The molecule has 2 aromatic carbocycles. The predicted molar refractivity (Wildman–Crippen MR) is 75.3 cm³/mol. The molecule has 0 unspecified atom stereocenters. The number of hydrogen-bond acceptors (Lipinski definition) is 3. The topological polar surface area (TPSA) is 35.0 Å². The van der Waals surface area contributed by atoms with Gasteiger partial charge in [0.2, 0.25) is 0 Å². The van der Waals surface area contributed by atoms with Crippen LogP contribution in [0.3, 0.4) is 0 Å². The van der Waals surface area contributed by atoms with Crippen LogP contribution in [-0.4, -0.2) is 9.97 Å². The summed E-state index contributed by atoms with van der Waals surface area (Å²) in [6.07, 6.45) is 3.32. The van der Waals surface area contributed by atoms with Gasteiger partial charge in [-0.3, -0.25) is 0 Å². The quantitative estimate of drug-likeness (QED) is 0.725. The lowest BCUT2D eigenvalue weighted by molar-refractivity contribution is 0.306. The molecule has 0 spiro atoms. The average molecular weight is 271 g/mol. The van der Waals surface area contributed by atoms with E-state index in [1.54, 1.807) is 6.20 Å². The van der Waals surface area contributed by atoms with Gasteiger partial charge in [0.25, 0.3) is 0 Å². The third kappa shape index (κ3) is 2.83. The van der Waals surface area contributed by atoms with Crippen molar-refractivity contribution >= 4 is 22.5 Å². The average Bonchev–Trinajstić information content (AvgIpc) is 2.46. The van der Waals surface area contributed by atoms with Crippen LogP contribution in [0.2, 0.25) is 5.02 Å². The van der Waals surface area contributed by atoms with Gasteiger partial charge in [-0.25, -0.2) is 9.97 Å².